The lowest BCUT2D eigenvalue weighted by Crippen LogP contribution is -2.33. The van der Waals surface area contributed by atoms with Crippen molar-refractivity contribution in [3.05, 3.63) is 48.0 Å². The van der Waals surface area contributed by atoms with E-state index in [2.05, 4.69) is 4.72 Å². The van der Waals surface area contributed by atoms with E-state index in [4.69, 9.17) is 9.47 Å². The number of anilines is 1. The van der Waals surface area contributed by atoms with Crippen molar-refractivity contribution in [2.24, 2.45) is 0 Å². The molecule has 0 bridgehead atoms. The molecule has 7 nitrogen and oxygen atoms in total. The summed E-state index contributed by atoms with van der Waals surface area (Å²) < 4.78 is 75.0. The molecule has 2 N–H and O–H groups in total. The number of nitrogens with one attached hydrogen (secondary N) is 2. The molecule has 2 aromatic carbocycles. The largest absolute Gasteiger partial charge is 0.490 e. The number of alkyl halides is 3. The van der Waals surface area contributed by atoms with E-state index in [1.165, 1.54) is 12.1 Å². The Bertz CT molecular complexity index is 992. The maximum Gasteiger partial charge on any atom is 0.405 e. The summed E-state index contributed by atoms with van der Waals surface area (Å²) >= 11 is 0. The summed E-state index contributed by atoms with van der Waals surface area (Å²) in [5.41, 5.74) is 0.157. The number of hydrogen-bond donors (Lipinski definition) is 2. The standard InChI is InChI=1S/C18H17F3N2O5S/c19-18(20,21)11-22-17(24)12-2-5-14(6-3-12)29(25,26)23-13-4-7-15-16(10-13)28-9-1-8-27-15/h2-7,10,23H,1,8-9,11H2,(H,22,24). The monoisotopic (exact) mass is 430 g/mol. The molecule has 1 amide bonds. The van der Waals surface area contributed by atoms with Crippen molar-refractivity contribution in [1.82, 2.24) is 5.32 Å². The molecule has 156 valence electrons. The molecule has 0 spiro atoms. The second-order valence-electron chi connectivity index (χ2n) is 6.14. The van der Waals surface area contributed by atoms with E-state index in [9.17, 15) is 26.4 Å². The second kappa shape index (κ2) is 8.19. The van der Waals surface area contributed by atoms with Crippen molar-refractivity contribution < 1.29 is 35.9 Å². The summed E-state index contributed by atoms with van der Waals surface area (Å²) in [7, 11) is -3.99. The maximum atomic E-state index is 12.5. The van der Waals surface area contributed by atoms with Crippen LogP contribution in [0.3, 0.4) is 0 Å². The molecule has 1 aliphatic heterocycles. The molecule has 1 aliphatic rings. The quantitative estimate of drug-likeness (QED) is 0.761. The summed E-state index contributed by atoms with van der Waals surface area (Å²) in [6, 6.07) is 9.14. The first-order valence-electron chi connectivity index (χ1n) is 8.51. The zero-order valence-corrected chi connectivity index (χ0v) is 15.8. The Morgan fingerprint density at radius 3 is 2.31 bits per heavy atom. The Kier molecular flexibility index (Phi) is 5.87. The van der Waals surface area contributed by atoms with Crippen LogP contribution in [-0.2, 0) is 10.0 Å². The SMILES string of the molecule is O=C(NCC(F)(F)F)c1ccc(S(=O)(=O)Nc2ccc3c(c2)OCCCO3)cc1. The highest BCUT2D eigenvalue weighted by Crippen LogP contribution is 2.33. The second-order valence-corrected chi connectivity index (χ2v) is 7.82. The molecule has 0 fully saturated rings. The van der Waals surface area contributed by atoms with Gasteiger partial charge in [-0.05, 0) is 36.4 Å². The molecule has 2 aromatic rings. The van der Waals surface area contributed by atoms with E-state index in [0.717, 1.165) is 24.3 Å². The molecule has 29 heavy (non-hydrogen) atoms. The van der Waals surface area contributed by atoms with Gasteiger partial charge in [0, 0.05) is 18.1 Å². The fourth-order valence-corrected chi connectivity index (χ4v) is 3.56. The van der Waals surface area contributed by atoms with Gasteiger partial charge in [-0.15, -0.1) is 0 Å². The third-order valence-electron chi connectivity index (χ3n) is 3.88. The number of rotatable bonds is 5. The van der Waals surface area contributed by atoms with Crippen molar-refractivity contribution in [2.75, 3.05) is 24.5 Å². The molecule has 0 unspecified atom stereocenters. The number of amides is 1. The summed E-state index contributed by atoms with van der Waals surface area (Å²) in [5.74, 6) is -0.0267. The van der Waals surface area contributed by atoms with Crippen LogP contribution in [0.5, 0.6) is 11.5 Å². The van der Waals surface area contributed by atoms with Crippen molar-refractivity contribution in [3.8, 4) is 11.5 Å². The molecule has 0 aromatic heterocycles. The molecule has 11 heteroatoms. The lowest BCUT2D eigenvalue weighted by molar-refractivity contribution is -0.123. The lowest BCUT2D eigenvalue weighted by Gasteiger charge is -2.12. The van der Waals surface area contributed by atoms with Crippen LogP contribution in [0.1, 0.15) is 16.8 Å². The Balaban J connectivity index is 1.71. The van der Waals surface area contributed by atoms with E-state index >= 15 is 0 Å². The third-order valence-corrected chi connectivity index (χ3v) is 5.27. The smallest absolute Gasteiger partial charge is 0.405 e. The normalized spacial score (nSPS) is 14.0. The van der Waals surface area contributed by atoms with Gasteiger partial charge in [0.25, 0.3) is 15.9 Å². The zero-order chi connectivity index (χ0) is 21.1. The van der Waals surface area contributed by atoms with Crippen LogP contribution in [0, 0.1) is 0 Å². The predicted octanol–water partition coefficient (Wildman–Crippen LogP) is 2.94. The minimum atomic E-state index is -4.54. The zero-order valence-electron chi connectivity index (χ0n) is 15.0. The van der Waals surface area contributed by atoms with Crippen LogP contribution in [0.2, 0.25) is 0 Å². The van der Waals surface area contributed by atoms with E-state index in [0.29, 0.717) is 31.1 Å². The average molecular weight is 430 g/mol. The number of ether oxygens (including phenoxy) is 2. The Morgan fingerprint density at radius 1 is 1.00 bits per heavy atom. The average Bonchev–Trinajstić information content (AvgIpc) is 2.90. The van der Waals surface area contributed by atoms with Gasteiger partial charge in [-0.25, -0.2) is 8.42 Å². The highest BCUT2D eigenvalue weighted by Gasteiger charge is 2.28. The fourth-order valence-electron chi connectivity index (χ4n) is 2.51. The molecule has 0 atom stereocenters. The highest BCUT2D eigenvalue weighted by atomic mass is 32.2. The number of hydrogen-bond acceptors (Lipinski definition) is 5. The lowest BCUT2D eigenvalue weighted by atomic mass is 10.2. The van der Waals surface area contributed by atoms with Crippen molar-refractivity contribution in [2.45, 2.75) is 17.5 Å². The molecule has 3 rings (SSSR count). The topological polar surface area (TPSA) is 93.7 Å². The molecule has 0 saturated heterocycles. The highest BCUT2D eigenvalue weighted by molar-refractivity contribution is 7.92. The molecule has 0 saturated carbocycles. The molecule has 1 heterocycles. The van der Waals surface area contributed by atoms with Gasteiger partial charge < -0.3 is 14.8 Å². The minimum Gasteiger partial charge on any atom is -0.490 e. The van der Waals surface area contributed by atoms with E-state index in [1.807, 2.05) is 0 Å². The van der Waals surface area contributed by atoms with E-state index in [-0.39, 0.29) is 16.1 Å². The van der Waals surface area contributed by atoms with E-state index < -0.39 is 28.7 Å². The number of sulfonamides is 1. The Labute approximate surface area is 164 Å². The number of carbonyl (C=O) groups is 1. The van der Waals surface area contributed by atoms with E-state index in [1.54, 1.807) is 11.4 Å². The van der Waals surface area contributed by atoms with Gasteiger partial charge in [-0.3, -0.25) is 9.52 Å². The minimum absolute atomic E-state index is 0.0937. The summed E-state index contributed by atoms with van der Waals surface area (Å²) in [4.78, 5) is 11.6. The van der Waals surface area contributed by atoms with Crippen LogP contribution < -0.4 is 19.5 Å². The van der Waals surface area contributed by atoms with Crippen molar-refractivity contribution in [3.63, 3.8) is 0 Å². The van der Waals surface area contributed by atoms with Crippen molar-refractivity contribution >= 4 is 21.6 Å². The summed E-state index contributed by atoms with van der Waals surface area (Å²) in [6.07, 6.45) is -3.83. The predicted molar refractivity (Wildman–Crippen MR) is 97.7 cm³/mol. The fraction of sp³-hybridized carbons (Fsp3) is 0.278. The summed E-state index contributed by atoms with van der Waals surface area (Å²) in [5, 5.41) is 1.72. The van der Waals surface area contributed by atoms with Gasteiger partial charge in [0.05, 0.1) is 23.8 Å². The Morgan fingerprint density at radius 2 is 1.66 bits per heavy atom. The number of fused-ring (bicyclic) bond motifs is 1. The number of carbonyl (C=O) groups excluding carboxylic acids is 1. The number of halogens is 3. The van der Waals surface area contributed by atoms with Gasteiger partial charge in [-0.2, -0.15) is 13.2 Å². The number of benzene rings is 2. The van der Waals surface area contributed by atoms with Crippen LogP contribution in [0.25, 0.3) is 0 Å². The molecule has 0 aliphatic carbocycles. The van der Waals surface area contributed by atoms with Gasteiger partial charge in [0.2, 0.25) is 0 Å². The van der Waals surface area contributed by atoms with Crippen LogP contribution in [0.4, 0.5) is 18.9 Å². The first kappa shape index (κ1) is 20.8. The van der Waals surface area contributed by atoms with Gasteiger partial charge in [0.15, 0.2) is 11.5 Å². The van der Waals surface area contributed by atoms with Crippen molar-refractivity contribution in [1.29, 1.82) is 0 Å². The van der Waals surface area contributed by atoms with Crippen LogP contribution in [0.15, 0.2) is 47.4 Å². The maximum absolute atomic E-state index is 12.5. The third kappa shape index (κ3) is 5.53. The Hall–Kier alpha value is -2.95. The van der Waals surface area contributed by atoms with Crippen LogP contribution >= 0.6 is 0 Å². The van der Waals surface area contributed by atoms with Gasteiger partial charge in [-0.1, -0.05) is 0 Å². The molecular formula is C18H17F3N2O5S. The van der Waals surface area contributed by atoms with Crippen LogP contribution in [-0.4, -0.2) is 40.3 Å². The first-order chi connectivity index (χ1) is 13.6. The van der Waals surface area contributed by atoms with Gasteiger partial charge >= 0.3 is 6.18 Å². The van der Waals surface area contributed by atoms with Gasteiger partial charge in [0.1, 0.15) is 6.54 Å². The molecular weight excluding hydrogens is 413 g/mol. The molecule has 0 radical (unpaired) electrons. The first-order valence-corrected chi connectivity index (χ1v) is 10.00. The summed E-state index contributed by atoms with van der Waals surface area (Å²) in [6.45, 7) is -0.528.